The molecule has 1 heterocycles. The number of benzene rings is 1. The largest absolute Gasteiger partial charge is 0.326 e. The van der Waals surface area contributed by atoms with Crippen molar-refractivity contribution < 1.29 is 8.42 Å². The predicted molar refractivity (Wildman–Crippen MR) is 72.4 cm³/mol. The lowest BCUT2D eigenvalue weighted by atomic mass is 10.1. The zero-order valence-electron chi connectivity index (χ0n) is 10.3. The van der Waals surface area contributed by atoms with Crippen molar-refractivity contribution in [1.82, 2.24) is 14.9 Å². The smallest absolute Gasteiger partial charge is 0.216 e. The Bertz CT molecular complexity index is 606. The van der Waals surface area contributed by atoms with Gasteiger partial charge in [-0.05, 0) is 11.1 Å². The third-order valence-electron chi connectivity index (χ3n) is 2.67. The van der Waals surface area contributed by atoms with Crippen molar-refractivity contribution in [3.63, 3.8) is 0 Å². The molecule has 19 heavy (non-hydrogen) atoms. The summed E-state index contributed by atoms with van der Waals surface area (Å²) in [4.78, 5) is 0. The van der Waals surface area contributed by atoms with Crippen molar-refractivity contribution >= 4 is 10.0 Å². The SMILES string of the molecule is NCc1ccc(CS(=O)(=O)NCc2cn[nH]c2)cc1. The first-order valence-corrected chi connectivity index (χ1v) is 7.47. The van der Waals surface area contributed by atoms with Gasteiger partial charge in [-0.3, -0.25) is 5.10 Å². The molecule has 0 aliphatic carbocycles. The van der Waals surface area contributed by atoms with Crippen molar-refractivity contribution in [3.8, 4) is 0 Å². The molecule has 1 aromatic carbocycles. The molecule has 0 amide bonds. The number of hydrogen-bond donors (Lipinski definition) is 3. The van der Waals surface area contributed by atoms with E-state index in [2.05, 4.69) is 14.9 Å². The summed E-state index contributed by atoms with van der Waals surface area (Å²) in [7, 11) is -3.35. The van der Waals surface area contributed by atoms with Crippen LogP contribution in [-0.4, -0.2) is 18.6 Å². The molecule has 0 aliphatic heterocycles. The highest BCUT2D eigenvalue weighted by Crippen LogP contribution is 2.08. The van der Waals surface area contributed by atoms with E-state index in [1.165, 1.54) is 0 Å². The molecule has 0 fully saturated rings. The maximum absolute atomic E-state index is 11.9. The van der Waals surface area contributed by atoms with Gasteiger partial charge < -0.3 is 5.73 Å². The third-order valence-corrected chi connectivity index (χ3v) is 3.96. The fourth-order valence-electron chi connectivity index (χ4n) is 1.61. The minimum absolute atomic E-state index is 0.0459. The fraction of sp³-hybridized carbons (Fsp3) is 0.250. The van der Waals surface area contributed by atoms with Crippen LogP contribution < -0.4 is 10.5 Å². The van der Waals surface area contributed by atoms with Crippen LogP contribution in [0.4, 0.5) is 0 Å². The molecule has 102 valence electrons. The van der Waals surface area contributed by atoms with Gasteiger partial charge in [0.15, 0.2) is 0 Å². The third kappa shape index (κ3) is 4.16. The molecule has 4 N–H and O–H groups in total. The van der Waals surface area contributed by atoms with Gasteiger partial charge in [-0.1, -0.05) is 24.3 Å². The first-order valence-electron chi connectivity index (χ1n) is 5.82. The highest BCUT2D eigenvalue weighted by atomic mass is 32.2. The first kappa shape index (κ1) is 13.7. The first-order chi connectivity index (χ1) is 9.09. The van der Waals surface area contributed by atoms with Crippen LogP contribution in [0.15, 0.2) is 36.7 Å². The number of nitrogens with zero attached hydrogens (tertiary/aromatic N) is 1. The number of nitrogens with two attached hydrogens (primary N) is 1. The number of H-pyrrole nitrogens is 1. The number of sulfonamides is 1. The van der Waals surface area contributed by atoms with E-state index in [0.717, 1.165) is 16.7 Å². The number of aromatic amines is 1. The zero-order chi connectivity index (χ0) is 13.7. The van der Waals surface area contributed by atoms with Crippen LogP contribution in [0.3, 0.4) is 0 Å². The van der Waals surface area contributed by atoms with Gasteiger partial charge in [0, 0.05) is 24.8 Å². The van der Waals surface area contributed by atoms with E-state index >= 15 is 0 Å². The summed E-state index contributed by atoms with van der Waals surface area (Å²) in [6.07, 6.45) is 3.23. The molecule has 0 radical (unpaired) electrons. The Kier molecular flexibility index (Phi) is 4.31. The van der Waals surface area contributed by atoms with Crippen LogP contribution in [0.1, 0.15) is 16.7 Å². The van der Waals surface area contributed by atoms with Gasteiger partial charge in [0.25, 0.3) is 0 Å². The van der Waals surface area contributed by atoms with E-state index in [0.29, 0.717) is 6.54 Å². The molecule has 6 nitrogen and oxygen atoms in total. The van der Waals surface area contributed by atoms with Crippen LogP contribution >= 0.6 is 0 Å². The molecule has 0 atom stereocenters. The Hall–Kier alpha value is -1.70. The molecular weight excluding hydrogens is 264 g/mol. The molecular formula is C12H16N4O2S. The predicted octanol–water partition coefficient (Wildman–Crippen LogP) is 0.488. The van der Waals surface area contributed by atoms with Gasteiger partial charge in [-0.2, -0.15) is 5.10 Å². The number of hydrogen-bond acceptors (Lipinski definition) is 4. The van der Waals surface area contributed by atoms with Crippen LogP contribution in [0.5, 0.6) is 0 Å². The summed E-state index contributed by atoms with van der Waals surface area (Å²) in [5.41, 5.74) is 8.00. The second kappa shape index (κ2) is 5.96. The molecule has 0 saturated heterocycles. The average molecular weight is 280 g/mol. The molecule has 0 spiro atoms. The minimum Gasteiger partial charge on any atom is -0.326 e. The molecule has 0 aliphatic rings. The lowest BCUT2D eigenvalue weighted by Gasteiger charge is -2.06. The molecule has 0 unspecified atom stereocenters. The van der Waals surface area contributed by atoms with Crippen molar-refractivity contribution in [1.29, 1.82) is 0 Å². The maximum atomic E-state index is 11.9. The lowest BCUT2D eigenvalue weighted by Crippen LogP contribution is -2.24. The van der Waals surface area contributed by atoms with E-state index in [9.17, 15) is 8.42 Å². The summed E-state index contributed by atoms with van der Waals surface area (Å²) in [6, 6.07) is 7.22. The molecule has 2 rings (SSSR count). The summed E-state index contributed by atoms with van der Waals surface area (Å²) in [5, 5.41) is 6.39. The Morgan fingerprint density at radius 1 is 1.16 bits per heavy atom. The number of nitrogens with one attached hydrogen (secondary N) is 2. The van der Waals surface area contributed by atoms with E-state index in [4.69, 9.17) is 5.73 Å². The quantitative estimate of drug-likeness (QED) is 0.716. The van der Waals surface area contributed by atoms with Gasteiger partial charge >= 0.3 is 0 Å². The summed E-state index contributed by atoms with van der Waals surface area (Å²) >= 11 is 0. The molecule has 0 bridgehead atoms. The second-order valence-corrected chi connectivity index (χ2v) is 6.01. The summed E-state index contributed by atoms with van der Waals surface area (Å²) in [5.74, 6) is -0.0459. The van der Waals surface area contributed by atoms with Crippen molar-refractivity contribution in [2.24, 2.45) is 5.73 Å². The lowest BCUT2D eigenvalue weighted by molar-refractivity contribution is 0.580. The Morgan fingerprint density at radius 3 is 2.42 bits per heavy atom. The van der Waals surface area contributed by atoms with E-state index in [-0.39, 0.29) is 12.3 Å². The van der Waals surface area contributed by atoms with Gasteiger partial charge in [0.1, 0.15) is 0 Å². The van der Waals surface area contributed by atoms with Gasteiger partial charge in [0.2, 0.25) is 10.0 Å². The maximum Gasteiger partial charge on any atom is 0.216 e. The van der Waals surface area contributed by atoms with Gasteiger partial charge in [-0.25, -0.2) is 13.1 Å². The van der Waals surface area contributed by atoms with E-state index < -0.39 is 10.0 Å². The van der Waals surface area contributed by atoms with Crippen LogP contribution in [0.25, 0.3) is 0 Å². The molecule has 7 heteroatoms. The average Bonchev–Trinajstić information content (AvgIpc) is 2.90. The fourth-order valence-corrected chi connectivity index (χ4v) is 2.73. The second-order valence-electron chi connectivity index (χ2n) is 4.21. The van der Waals surface area contributed by atoms with E-state index in [1.807, 2.05) is 12.1 Å². The van der Waals surface area contributed by atoms with Crippen LogP contribution in [-0.2, 0) is 28.9 Å². The van der Waals surface area contributed by atoms with Gasteiger partial charge in [-0.15, -0.1) is 0 Å². The monoisotopic (exact) mass is 280 g/mol. The number of rotatable bonds is 6. The summed E-state index contributed by atoms with van der Waals surface area (Å²) in [6.45, 7) is 0.686. The topological polar surface area (TPSA) is 101 Å². The Balaban J connectivity index is 1.96. The van der Waals surface area contributed by atoms with Crippen molar-refractivity contribution in [2.75, 3.05) is 0 Å². The standard InChI is InChI=1S/C12H16N4O2S/c13-5-10-1-3-11(4-2-10)9-19(17,18)16-8-12-6-14-15-7-12/h1-4,6-7,16H,5,8-9,13H2,(H,14,15). The normalized spacial score (nSPS) is 11.6. The zero-order valence-corrected chi connectivity index (χ0v) is 11.2. The van der Waals surface area contributed by atoms with E-state index in [1.54, 1.807) is 24.5 Å². The summed E-state index contributed by atoms with van der Waals surface area (Å²) < 4.78 is 26.3. The Labute approximate surface area is 112 Å². The highest BCUT2D eigenvalue weighted by molar-refractivity contribution is 7.88. The molecule has 2 aromatic rings. The van der Waals surface area contributed by atoms with Crippen LogP contribution in [0.2, 0.25) is 0 Å². The molecule has 1 aromatic heterocycles. The minimum atomic E-state index is -3.35. The van der Waals surface area contributed by atoms with Crippen LogP contribution in [0, 0.1) is 0 Å². The van der Waals surface area contributed by atoms with Crippen molar-refractivity contribution in [2.45, 2.75) is 18.8 Å². The number of aromatic nitrogens is 2. The van der Waals surface area contributed by atoms with Gasteiger partial charge in [0.05, 0.1) is 11.9 Å². The molecule has 0 saturated carbocycles. The highest BCUT2D eigenvalue weighted by Gasteiger charge is 2.11. The van der Waals surface area contributed by atoms with Crippen molar-refractivity contribution in [3.05, 3.63) is 53.3 Å². The Morgan fingerprint density at radius 2 is 1.84 bits per heavy atom.